The van der Waals surface area contributed by atoms with Crippen molar-refractivity contribution in [3.05, 3.63) is 93.7 Å². The molecule has 0 aliphatic carbocycles. The van der Waals surface area contributed by atoms with Crippen molar-refractivity contribution in [1.82, 2.24) is 20.1 Å². The molecule has 0 aliphatic heterocycles. The van der Waals surface area contributed by atoms with Crippen LogP contribution in [0.25, 0.3) is 5.69 Å². The van der Waals surface area contributed by atoms with Crippen LogP contribution in [0.1, 0.15) is 15.9 Å². The molecule has 0 aliphatic rings. The lowest BCUT2D eigenvalue weighted by Crippen LogP contribution is -2.26. The first-order valence-electron chi connectivity index (χ1n) is 9.49. The summed E-state index contributed by atoms with van der Waals surface area (Å²) >= 11 is 9.32. The molecule has 0 fully saturated rings. The van der Waals surface area contributed by atoms with Crippen LogP contribution in [0.3, 0.4) is 0 Å². The maximum atomic E-state index is 12.4. The number of hydrogen-bond donors (Lipinski definition) is 3. The minimum absolute atomic E-state index is 0.0157. The molecule has 32 heavy (non-hydrogen) atoms. The molecule has 0 atom stereocenters. The first-order valence-corrected chi connectivity index (χ1v) is 10.7. The predicted molar refractivity (Wildman–Crippen MR) is 124 cm³/mol. The molecule has 2 heterocycles. The van der Waals surface area contributed by atoms with Gasteiger partial charge in [-0.3, -0.25) is 9.89 Å². The lowest BCUT2D eigenvalue weighted by Gasteiger charge is -2.08. The number of aromatic nitrogens is 3. The van der Waals surface area contributed by atoms with Gasteiger partial charge in [-0.1, -0.05) is 35.9 Å². The average molecular weight is 515 g/mol. The number of H-pyrrole nitrogens is 1. The van der Waals surface area contributed by atoms with E-state index in [2.05, 4.69) is 36.8 Å². The Morgan fingerprint density at radius 3 is 2.66 bits per heavy atom. The van der Waals surface area contributed by atoms with E-state index in [4.69, 9.17) is 16.3 Å². The Kier molecular flexibility index (Phi) is 6.58. The summed E-state index contributed by atoms with van der Waals surface area (Å²) in [6, 6.07) is 18.3. The molecule has 4 aromatic rings. The number of amides is 2. The second-order valence-electron chi connectivity index (χ2n) is 6.65. The van der Waals surface area contributed by atoms with Crippen molar-refractivity contribution >= 4 is 45.3 Å². The van der Waals surface area contributed by atoms with Crippen molar-refractivity contribution < 1.29 is 14.3 Å². The van der Waals surface area contributed by atoms with Crippen LogP contribution in [0.2, 0.25) is 5.02 Å². The monoisotopic (exact) mass is 513 g/mol. The molecule has 3 N–H and O–H groups in total. The molecule has 162 valence electrons. The van der Waals surface area contributed by atoms with Gasteiger partial charge in [0, 0.05) is 24.6 Å². The van der Waals surface area contributed by atoms with Crippen molar-refractivity contribution in [3.63, 3.8) is 0 Å². The van der Waals surface area contributed by atoms with E-state index >= 15 is 0 Å². The zero-order valence-corrected chi connectivity index (χ0v) is 18.9. The Balaban J connectivity index is 1.35. The third-order valence-electron chi connectivity index (χ3n) is 4.47. The molecule has 2 aromatic carbocycles. The minimum Gasteiger partial charge on any atom is -0.388 e. The van der Waals surface area contributed by atoms with Gasteiger partial charge in [0.2, 0.25) is 0 Å². The zero-order chi connectivity index (χ0) is 22.5. The van der Waals surface area contributed by atoms with Gasteiger partial charge >= 0.3 is 6.09 Å². The number of halogens is 2. The Hall–Kier alpha value is -3.56. The summed E-state index contributed by atoms with van der Waals surface area (Å²) in [6.45, 7) is 0.270. The van der Waals surface area contributed by atoms with Crippen molar-refractivity contribution in [1.29, 1.82) is 0 Å². The number of ether oxygens (including phenoxy) is 1. The number of nitrogens with zero attached hydrogens (tertiary/aromatic N) is 2. The molecule has 4 rings (SSSR count). The second kappa shape index (κ2) is 9.71. The van der Waals surface area contributed by atoms with E-state index < -0.39 is 12.0 Å². The topological polar surface area (TPSA) is 101 Å². The lowest BCUT2D eigenvalue weighted by molar-refractivity contribution is 0.102. The van der Waals surface area contributed by atoms with Gasteiger partial charge in [0.25, 0.3) is 11.8 Å². The van der Waals surface area contributed by atoms with Gasteiger partial charge in [0.1, 0.15) is 10.3 Å². The highest BCUT2D eigenvalue weighted by molar-refractivity contribution is 9.10. The summed E-state index contributed by atoms with van der Waals surface area (Å²) in [7, 11) is 0. The number of aromatic amines is 1. The zero-order valence-electron chi connectivity index (χ0n) is 16.5. The molecular weight excluding hydrogens is 498 g/mol. The number of carbonyl (C=O) groups is 2. The normalized spacial score (nSPS) is 10.6. The molecule has 2 aromatic heterocycles. The summed E-state index contributed by atoms with van der Waals surface area (Å²) in [5.74, 6) is -0.214. The third kappa shape index (κ3) is 5.01. The first kappa shape index (κ1) is 21.7. The van der Waals surface area contributed by atoms with Crippen LogP contribution in [0.15, 0.2) is 77.5 Å². The number of nitrogens with one attached hydrogen (secondary N) is 3. The number of carbonyl (C=O) groups excluding carboxylic acids is 2. The number of hydrogen-bond acceptors (Lipinski definition) is 4. The minimum atomic E-state index is -0.687. The third-order valence-corrected chi connectivity index (χ3v) is 5.54. The summed E-state index contributed by atoms with van der Waals surface area (Å²) in [5.41, 5.74) is 2.19. The van der Waals surface area contributed by atoms with Crippen LogP contribution in [-0.2, 0) is 6.54 Å². The maximum Gasteiger partial charge on any atom is 0.414 e. The highest BCUT2D eigenvalue weighted by Gasteiger charge is 2.18. The van der Waals surface area contributed by atoms with Gasteiger partial charge in [-0.25, -0.2) is 4.79 Å². The Bertz CT molecular complexity index is 1260. The smallest absolute Gasteiger partial charge is 0.388 e. The fourth-order valence-corrected chi connectivity index (χ4v) is 3.50. The van der Waals surface area contributed by atoms with Gasteiger partial charge in [0.15, 0.2) is 0 Å². The average Bonchev–Trinajstić information content (AvgIpc) is 3.45. The van der Waals surface area contributed by atoms with Crippen molar-refractivity contribution in [2.24, 2.45) is 0 Å². The van der Waals surface area contributed by atoms with Crippen molar-refractivity contribution in [2.75, 3.05) is 5.32 Å². The van der Waals surface area contributed by atoms with Gasteiger partial charge in [-0.15, -0.1) is 5.10 Å². The highest BCUT2D eigenvalue weighted by atomic mass is 79.9. The second-order valence-corrected chi connectivity index (χ2v) is 7.86. The van der Waals surface area contributed by atoms with Crippen LogP contribution >= 0.6 is 27.5 Å². The molecule has 10 heteroatoms. The van der Waals surface area contributed by atoms with E-state index in [1.165, 1.54) is 0 Å². The number of anilines is 1. The van der Waals surface area contributed by atoms with Gasteiger partial charge in [0.05, 0.1) is 10.6 Å². The van der Waals surface area contributed by atoms with Gasteiger partial charge < -0.3 is 19.9 Å². The largest absolute Gasteiger partial charge is 0.414 e. The molecule has 0 spiro atoms. The molecule has 0 saturated carbocycles. The summed E-state index contributed by atoms with van der Waals surface area (Å²) in [6.07, 6.45) is 3.20. The fourth-order valence-electron chi connectivity index (χ4n) is 2.92. The van der Waals surface area contributed by atoms with Crippen LogP contribution in [0, 0.1) is 0 Å². The van der Waals surface area contributed by atoms with E-state index in [-0.39, 0.29) is 18.2 Å². The van der Waals surface area contributed by atoms with Gasteiger partial charge in [-0.05, 0) is 57.9 Å². The molecule has 0 unspecified atom stereocenters. The maximum absolute atomic E-state index is 12.4. The van der Waals surface area contributed by atoms with Crippen LogP contribution in [0.4, 0.5) is 10.6 Å². The fraction of sp³-hybridized carbons (Fsp3) is 0.0455. The first-order chi connectivity index (χ1) is 15.5. The van der Waals surface area contributed by atoms with Crippen molar-refractivity contribution in [2.45, 2.75) is 6.54 Å². The number of rotatable bonds is 6. The number of benzene rings is 2. The van der Waals surface area contributed by atoms with E-state index in [9.17, 15) is 9.59 Å². The van der Waals surface area contributed by atoms with Crippen molar-refractivity contribution in [3.8, 4) is 11.6 Å². The summed E-state index contributed by atoms with van der Waals surface area (Å²) < 4.78 is 7.51. The van der Waals surface area contributed by atoms with E-state index in [1.807, 2.05) is 53.4 Å². The molecule has 2 amide bonds. The SMILES string of the molecule is O=C(NCc1cccc(-n2cccc2)c1)Oc1n[nH]c(NC(=O)c2ccccc2Cl)c1Br. The van der Waals surface area contributed by atoms with Gasteiger partial charge in [-0.2, -0.15) is 0 Å². The van der Waals surface area contributed by atoms with E-state index in [0.717, 1.165) is 11.3 Å². The Morgan fingerprint density at radius 1 is 1.09 bits per heavy atom. The molecule has 0 bridgehead atoms. The molecule has 0 radical (unpaired) electrons. The molecular formula is C22H17BrClN5O3. The molecule has 8 nitrogen and oxygen atoms in total. The van der Waals surface area contributed by atoms with Crippen LogP contribution in [0.5, 0.6) is 5.88 Å². The summed E-state index contributed by atoms with van der Waals surface area (Å²) in [4.78, 5) is 24.6. The quantitative estimate of drug-likeness (QED) is 0.331. The highest BCUT2D eigenvalue weighted by Crippen LogP contribution is 2.30. The van der Waals surface area contributed by atoms with E-state index in [0.29, 0.717) is 15.1 Å². The standard InChI is InChI=1S/C22H17BrClN5O3/c23-18-19(26-20(30)16-8-1-2-9-17(16)24)27-28-21(18)32-22(31)25-13-14-6-5-7-15(12-14)29-10-3-4-11-29/h1-12H,13H2,(H,25,31)(H2,26,27,28,30). The lowest BCUT2D eigenvalue weighted by atomic mass is 10.2. The van der Waals surface area contributed by atoms with Crippen LogP contribution < -0.4 is 15.4 Å². The van der Waals surface area contributed by atoms with Crippen LogP contribution in [-0.4, -0.2) is 26.8 Å². The Morgan fingerprint density at radius 2 is 1.88 bits per heavy atom. The Labute approximate surface area is 196 Å². The molecule has 0 saturated heterocycles. The van der Waals surface area contributed by atoms with E-state index in [1.54, 1.807) is 24.3 Å². The predicted octanol–water partition coefficient (Wildman–Crippen LogP) is 5.16. The summed E-state index contributed by atoms with van der Waals surface area (Å²) in [5, 5.41) is 12.2.